The van der Waals surface area contributed by atoms with Gasteiger partial charge in [0.15, 0.2) is 0 Å². The molecule has 4 rings (SSSR count). The number of carbonyl (C=O) groups excluding carboxylic acids is 3. The normalized spacial score (nSPS) is 13.5. The molecule has 1 N–H and O–H groups in total. The summed E-state index contributed by atoms with van der Waals surface area (Å²) in [4.78, 5) is 39.0. The summed E-state index contributed by atoms with van der Waals surface area (Å²) < 4.78 is 5.56. The third-order valence-electron chi connectivity index (χ3n) is 5.29. The van der Waals surface area contributed by atoms with Gasteiger partial charge in [-0.05, 0) is 54.8 Å². The van der Waals surface area contributed by atoms with Crippen LogP contribution in [0.15, 0.2) is 83.5 Å². The first kappa shape index (κ1) is 22.3. The van der Waals surface area contributed by atoms with Gasteiger partial charge in [0, 0.05) is 5.69 Å². The van der Waals surface area contributed by atoms with Crippen LogP contribution in [0.1, 0.15) is 27.0 Å². The van der Waals surface area contributed by atoms with E-state index in [1.165, 1.54) is 0 Å². The van der Waals surface area contributed by atoms with Crippen LogP contribution in [-0.2, 0) is 16.1 Å². The number of ether oxygens (including phenoxy) is 1. The average Bonchev–Trinajstić information content (AvgIpc) is 3.01. The Balaban J connectivity index is 1.46. The molecule has 0 saturated carbocycles. The fraction of sp³-hybridized carbons (Fsp3) is 0.115. The van der Waals surface area contributed by atoms with Crippen molar-refractivity contribution < 1.29 is 19.1 Å². The van der Waals surface area contributed by atoms with Gasteiger partial charge in [-0.15, -0.1) is 0 Å². The second-order valence-corrected chi connectivity index (χ2v) is 8.06. The molecule has 3 aromatic rings. The van der Waals surface area contributed by atoms with Crippen LogP contribution in [0.25, 0.3) is 0 Å². The van der Waals surface area contributed by atoms with Gasteiger partial charge < -0.3 is 10.1 Å². The Bertz CT molecular complexity index is 1250. The van der Waals surface area contributed by atoms with E-state index in [1.807, 2.05) is 62.4 Å². The van der Waals surface area contributed by atoms with Crippen LogP contribution < -0.4 is 10.1 Å². The highest BCUT2D eigenvalue weighted by atomic mass is 35.5. The molecule has 0 fully saturated rings. The summed E-state index contributed by atoms with van der Waals surface area (Å²) in [7, 11) is 0. The highest BCUT2D eigenvalue weighted by Gasteiger charge is 2.37. The number of nitrogens with zero attached hydrogens (tertiary/aromatic N) is 1. The maximum absolute atomic E-state index is 12.8. The summed E-state index contributed by atoms with van der Waals surface area (Å²) >= 11 is 6.17. The number of anilines is 1. The number of aryl methyl sites for hydroxylation is 2. The molecular weight excluding hydrogens is 440 g/mol. The van der Waals surface area contributed by atoms with Gasteiger partial charge in [-0.2, -0.15) is 0 Å². The lowest BCUT2D eigenvalue weighted by Gasteiger charge is -2.15. The van der Waals surface area contributed by atoms with Crippen molar-refractivity contribution in [3.05, 3.63) is 106 Å². The molecule has 6 nitrogen and oxygen atoms in total. The minimum absolute atomic E-state index is 0.00320. The largest absolute Gasteiger partial charge is 0.422 e. The molecule has 0 aliphatic carbocycles. The molecule has 7 heteroatoms. The number of rotatable bonds is 6. The third kappa shape index (κ3) is 4.66. The van der Waals surface area contributed by atoms with E-state index in [0.29, 0.717) is 17.0 Å². The number of benzene rings is 3. The number of nitrogens with one attached hydrogen (secondary N) is 1. The minimum Gasteiger partial charge on any atom is -0.422 e. The van der Waals surface area contributed by atoms with Crippen molar-refractivity contribution in [2.45, 2.75) is 20.4 Å². The van der Waals surface area contributed by atoms with E-state index in [2.05, 4.69) is 5.32 Å². The molecule has 1 aliphatic heterocycles. The molecule has 166 valence electrons. The lowest BCUT2D eigenvalue weighted by Crippen LogP contribution is -2.31. The van der Waals surface area contributed by atoms with Gasteiger partial charge in [-0.3, -0.25) is 14.5 Å². The zero-order chi connectivity index (χ0) is 23.5. The van der Waals surface area contributed by atoms with E-state index >= 15 is 0 Å². The topological polar surface area (TPSA) is 75.7 Å². The van der Waals surface area contributed by atoms with Gasteiger partial charge >= 0.3 is 5.97 Å². The van der Waals surface area contributed by atoms with Crippen molar-refractivity contribution in [3.63, 3.8) is 0 Å². The van der Waals surface area contributed by atoms with Crippen molar-refractivity contribution in [2.75, 3.05) is 5.32 Å². The fourth-order valence-electron chi connectivity index (χ4n) is 3.51. The third-order valence-corrected chi connectivity index (χ3v) is 5.64. The van der Waals surface area contributed by atoms with Crippen LogP contribution in [-0.4, -0.2) is 22.7 Å². The van der Waals surface area contributed by atoms with E-state index in [1.54, 1.807) is 24.3 Å². The molecule has 1 heterocycles. The minimum atomic E-state index is -0.554. The standard InChI is InChI=1S/C26H21ClN2O4/c1-16-7-6-8-17(2)23(16)33-26(32)19-11-13-20(14-12-19)28-22-21(27)24(30)29(25(22)31)15-18-9-4-3-5-10-18/h3-14,28H,15H2,1-2H3. The van der Waals surface area contributed by atoms with Gasteiger partial charge in [0.2, 0.25) is 0 Å². The van der Waals surface area contributed by atoms with Crippen LogP contribution in [0, 0.1) is 13.8 Å². The van der Waals surface area contributed by atoms with E-state index in [0.717, 1.165) is 21.6 Å². The molecule has 0 saturated heterocycles. The zero-order valence-corrected chi connectivity index (χ0v) is 18.8. The molecule has 3 aromatic carbocycles. The highest BCUT2D eigenvalue weighted by Crippen LogP contribution is 2.28. The Kier molecular flexibility index (Phi) is 6.29. The Morgan fingerprint density at radius 2 is 1.52 bits per heavy atom. The summed E-state index contributed by atoms with van der Waals surface area (Å²) in [5.41, 5.74) is 3.41. The van der Waals surface area contributed by atoms with Gasteiger partial charge in [0.1, 0.15) is 16.5 Å². The molecule has 1 aliphatic rings. The first-order valence-electron chi connectivity index (χ1n) is 10.3. The quantitative estimate of drug-likeness (QED) is 0.320. The van der Waals surface area contributed by atoms with Crippen molar-refractivity contribution >= 4 is 35.1 Å². The SMILES string of the molecule is Cc1cccc(C)c1OC(=O)c1ccc(NC2=C(Cl)C(=O)N(Cc3ccccc3)C2=O)cc1. The number of halogens is 1. The van der Waals surface area contributed by atoms with E-state index in [9.17, 15) is 14.4 Å². The maximum atomic E-state index is 12.8. The molecule has 0 bridgehead atoms. The molecule has 0 spiro atoms. The predicted octanol–water partition coefficient (Wildman–Crippen LogP) is 4.95. The molecular formula is C26H21ClN2O4. The lowest BCUT2D eigenvalue weighted by atomic mass is 10.1. The van der Waals surface area contributed by atoms with Gasteiger partial charge in [-0.1, -0.05) is 60.1 Å². The number of imide groups is 1. The molecule has 0 radical (unpaired) electrons. The van der Waals surface area contributed by atoms with Crippen LogP contribution in [0.4, 0.5) is 5.69 Å². The number of para-hydroxylation sites is 1. The maximum Gasteiger partial charge on any atom is 0.343 e. The molecule has 2 amide bonds. The summed E-state index contributed by atoms with van der Waals surface area (Å²) in [6.45, 7) is 3.88. The van der Waals surface area contributed by atoms with Crippen molar-refractivity contribution in [2.24, 2.45) is 0 Å². The fourth-order valence-corrected chi connectivity index (χ4v) is 3.74. The lowest BCUT2D eigenvalue weighted by molar-refractivity contribution is -0.138. The monoisotopic (exact) mass is 460 g/mol. The molecule has 0 atom stereocenters. The Labute approximate surface area is 196 Å². The summed E-state index contributed by atoms with van der Waals surface area (Å²) in [5.74, 6) is -1.01. The van der Waals surface area contributed by atoms with E-state index in [-0.39, 0.29) is 17.3 Å². The Morgan fingerprint density at radius 3 is 2.15 bits per heavy atom. The predicted molar refractivity (Wildman–Crippen MR) is 126 cm³/mol. The van der Waals surface area contributed by atoms with Gasteiger partial charge in [0.25, 0.3) is 11.8 Å². The van der Waals surface area contributed by atoms with E-state index < -0.39 is 17.8 Å². The second-order valence-electron chi connectivity index (χ2n) is 7.68. The van der Waals surface area contributed by atoms with Gasteiger partial charge in [-0.25, -0.2) is 4.79 Å². The van der Waals surface area contributed by atoms with Crippen molar-refractivity contribution in [1.82, 2.24) is 4.90 Å². The van der Waals surface area contributed by atoms with Crippen LogP contribution >= 0.6 is 11.6 Å². The molecule has 33 heavy (non-hydrogen) atoms. The Morgan fingerprint density at radius 1 is 0.879 bits per heavy atom. The number of hydrogen-bond donors (Lipinski definition) is 1. The number of hydrogen-bond acceptors (Lipinski definition) is 5. The molecule has 0 aromatic heterocycles. The number of carbonyl (C=O) groups is 3. The summed E-state index contributed by atoms with van der Waals surface area (Å²) in [6.07, 6.45) is 0. The summed E-state index contributed by atoms with van der Waals surface area (Å²) in [5, 5.41) is 2.73. The highest BCUT2D eigenvalue weighted by molar-refractivity contribution is 6.48. The first-order valence-corrected chi connectivity index (χ1v) is 10.7. The van der Waals surface area contributed by atoms with Crippen molar-refractivity contribution in [3.8, 4) is 5.75 Å². The first-order chi connectivity index (χ1) is 15.8. The van der Waals surface area contributed by atoms with Crippen LogP contribution in [0.3, 0.4) is 0 Å². The van der Waals surface area contributed by atoms with Gasteiger partial charge in [0.05, 0.1) is 12.1 Å². The van der Waals surface area contributed by atoms with Crippen LogP contribution in [0.5, 0.6) is 5.75 Å². The average molecular weight is 461 g/mol. The van der Waals surface area contributed by atoms with Crippen LogP contribution in [0.2, 0.25) is 0 Å². The smallest absolute Gasteiger partial charge is 0.343 e. The number of esters is 1. The zero-order valence-electron chi connectivity index (χ0n) is 18.1. The summed E-state index contributed by atoms with van der Waals surface area (Å²) in [6, 6.07) is 21.2. The van der Waals surface area contributed by atoms with E-state index in [4.69, 9.17) is 16.3 Å². The molecule has 0 unspecified atom stereocenters. The van der Waals surface area contributed by atoms with Crippen molar-refractivity contribution in [1.29, 1.82) is 0 Å². The Hall–Kier alpha value is -3.90. The number of amides is 2. The second kappa shape index (κ2) is 9.30.